The quantitative estimate of drug-likeness (QED) is 0.547. The van der Waals surface area contributed by atoms with Gasteiger partial charge in [0.1, 0.15) is 0 Å². The van der Waals surface area contributed by atoms with E-state index < -0.39 is 15.4 Å². The summed E-state index contributed by atoms with van der Waals surface area (Å²) in [5, 5.41) is 0. The molecule has 0 N–H and O–H groups in total. The van der Waals surface area contributed by atoms with E-state index in [1.807, 2.05) is 0 Å². The molecule has 0 aromatic heterocycles. The van der Waals surface area contributed by atoms with Gasteiger partial charge in [-0.2, -0.15) is 0 Å². The molecular formula is C6H18Te. The van der Waals surface area contributed by atoms with Crippen molar-refractivity contribution in [3.63, 3.8) is 0 Å². The maximum absolute atomic E-state index is 2.42. The fraction of sp³-hybridized carbons (Fsp3) is 1.00. The Morgan fingerprint density at radius 1 is 0.571 bits per heavy atom. The van der Waals surface area contributed by atoms with E-state index in [1.54, 1.807) is 0 Å². The molecule has 0 spiro atoms. The van der Waals surface area contributed by atoms with Crippen molar-refractivity contribution < 1.29 is 0 Å². The molecule has 0 rings (SSSR count). The molecule has 0 aliphatic carbocycles. The molecule has 0 fully saturated rings. The van der Waals surface area contributed by atoms with Crippen molar-refractivity contribution in [2.45, 2.75) is 29.8 Å². The van der Waals surface area contributed by atoms with Crippen LogP contribution in [0.25, 0.3) is 0 Å². The van der Waals surface area contributed by atoms with Crippen LogP contribution in [0, 0.1) is 0 Å². The van der Waals surface area contributed by atoms with Crippen LogP contribution in [-0.2, 0) is 0 Å². The fourth-order valence-corrected chi connectivity index (χ4v) is 0. The van der Waals surface area contributed by atoms with E-state index in [-0.39, 0.29) is 0 Å². The maximum atomic E-state index is 2.42. The second-order valence-electron chi connectivity index (χ2n) is 6.12. The average molecular weight is 218 g/mol. The van der Waals surface area contributed by atoms with Crippen LogP contribution >= 0.6 is 0 Å². The molecule has 1 heteroatoms. The van der Waals surface area contributed by atoms with Crippen molar-refractivity contribution in [2.75, 3.05) is 0 Å². The van der Waals surface area contributed by atoms with Crippen LogP contribution in [-0.4, -0.2) is 15.4 Å². The third-order valence-corrected chi connectivity index (χ3v) is 0. The van der Waals surface area contributed by atoms with Crippen LogP contribution in [0.2, 0.25) is 29.8 Å². The van der Waals surface area contributed by atoms with Crippen molar-refractivity contribution in [1.29, 1.82) is 0 Å². The summed E-state index contributed by atoms with van der Waals surface area (Å²) in [5.74, 6) is 0. The Kier molecular flexibility index (Phi) is 1.02. The first-order valence-corrected chi connectivity index (χ1v) is 16.4. The standard InChI is InChI=1S/C6H18Te/c1-7(2,3,4,5)6/h1-6H3. The van der Waals surface area contributed by atoms with E-state index in [9.17, 15) is 0 Å². The summed E-state index contributed by atoms with van der Waals surface area (Å²) in [5.41, 5.74) is 0. The Bertz CT molecular complexity index is 62.7. The van der Waals surface area contributed by atoms with E-state index in [4.69, 9.17) is 0 Å². The van der Waals surface area contributed by atoms with Crippen molar-refractivity contribution in [2.24, 2.45) is 0 Å². The number of hydrogen-bond donors (Lipinski definition) is 0. The fourth-order valence-electron chi connectivity index (χ4n) is 0. The molecule has 0 saturated carbocycles. The Morgan fingerprint density at radius 3 is 0.571 bits per heavy atom. The van der Waals surface area contributed by atoms with Gasteiger partial charge in [0.15, 0.2) is 0 Å². The molecule has 7 heavy (non-hydrogen) atoms. The first kappa shape index (κ1) is 7.79. The SMILES string of the molecule is C[Te](C)(C)(C)(C)C. The van der Waals surface area contributed by atoms with Crippen molar-refractivity contribution in [3.05, 3.63) is 0 Å². The van der Waals surface area contributed by atoms with Gasteiger partial charge in [0.2, 0.25) is 0 Å². The Hall–Kier alpha value is 0.790. The molecule has 0 saturated heterocycles. The monoisotopic (exact) mass is 220 g/mol. The van der Waals surface area contributed by atoms with Gasteiger partial charge in [-0.25, -0.2) is 0 Å². The van der Waals surface area contributed by atoms with Gasteiger partial charge in [0.25, 0.3) is 0 Å². The summed E-state index contributed by atoms with van der Waals surface area (Å²) >= 11 is -2.18. The second kappa shape index (κ2) is 0.913. The van der Waals surface area contributed by atoms with Gasteiger partial charge in [0, 0.05) is 0 Å². The van der Waals surface area contributed by atoms with Crippen molar-refractivity contribution >= 4 is 15.4 Å². The summed E-state index contributed by atoms with van der Waals surface area (Å²) in [6.07, 6.45) is 0. The van der Waals surface area contributed by atoms with Crippen molar-refractivity contribution in [3.8, 4) is 0 Å². The molecule has 0 nitrogen and oxygen atoms in total. The summed E-state index contributed by atoms with van der Waals surface area (Å²) in [4.78, 5) is 14.5. The minimum absolute atomic E-state index is 2.18. The third-order valence-electron chi connectivity index (χ3n) is 0. The van der Waals surface area contributed by atoms with Crippen LogP contribution in [0.3, 0.4) is 0 Å². The normalized spacial score (nSPS) is 23.1. The van der Waals surface area contributed by atoms with Gasteiger partial charge >= 0.3 is 45.3 Å². The van der Waals surface area contributed by atoms with E-state index in [1.165, 1.54) is 0 Å². The molecule has 0 unspecified atom stereocenters. The molecule has 0 heterocycles. The molecule has 48 valence electrons. The number of rotatable bonds is 0. The average Bonchev–Trinajstić information content (AvgIpc) is 0.592. The zero-order valence-corrected chi connectivity index (χ0v) is 8.74. The van der Waals surface area contributed by atoms with Crippen LogP contribution < -0.4 is 0 Å². The first-order valence-electron chi connectivity index (χ1n) is 2.45. The minimum atomic E-state index is -2.18. The molecule has 0 aromatic carbocycles. The van der Waals surface area contributed by atoms with E-state index in [0.29, 0.717) is 0 Å². The summed E-state index contributed by atoms with van der Waals surface area (Å²) in [6.45, 7) is 0. The van der Waals surface area contributed by atoms with Crippen LogP contribution in [0.15, 0.2) is 0 Å². The molecule has 0 aromatic rings. The summed E-state index contributed by atoms with van der Waals surface area (Å²) < 4.78 is 0. The Morgan fingerprint density at radius 2 is 0.571 bits per heavy atom. The Balaban J connectivity index is 4.43. The van der Waals surface area contributed by atoms with E-state index >= 15 is 0 Å². The Labute approximate surface area is 45.5 Å². The van der Waals surface area contributed by atoms with Gasteiger partial charge < -0.3 is 0 Å². The molecule has 0 atom stereocenters. The summed E-state index contributed by atoms with van der Waals surface area (Å²) in [6, 6.07) is 0. The topological polar surface area (TPSA) is 0 Å². The van der Waals surface area contributed by atoms with Crippen LogP contribution in [0.4, 0.5) is 0 Å². The van der Waals surface area contributed by atoms with Crippen molar-refractivity contribution in [1.82, 2.24) is 0 Å². The van der Waals surface area contributed by atoms with Gasteiger partial charge in [-0.1, -0.05) is 0 Å². The zero-order valence-electron chi connectivity index (χ0n) is 6.41. The summed E-state index contributed by atoms with van der Waals surface area (Å²) in [7, 11) is 0. The van der Waals surface area contributed by atoms with E-state index in [2.05, 4.69) is 29.8 Å². The second-order valence-corrected chi connectivity index (χ2v) is 41.1. The predicted octanol–water partition coefficient (Wildman–Crippen LogP) is 3.12. The molecule has 0 amide bonds. The first-order chi connectivity index (χ1) is 2.45. The third kappa shape index (κ3) is 250. The number of hydrogen-bond acceptors (Lipinski definition) is 0. The molecule has 0 aliphatic heterocycles. The van der Waals surface area contributed by atoms with Gasteiger partial charge in [-0.05, 0) is 0 Å². The molecule has 0 aliphatic rings. The van der Waals surface area contributed by atoms with Crippen LogP contribution in [0.1, 0.15) is 0 Å². The van der Waals surface area contributed by atoms with Gasteiger partial charge in [0.05, 0.1) is 0 Å². The predicted molar refractivity (Wildman–Crippen MR) is 40.9 cm³/mol. The van der Waals surface area contributed by atoms with E-state index in [0.717, 1.165) is 0 Å². The van der Waals surface area contributed by atoms with Crippen LogP contribution in [0.5, 0.6) is 0 Å². The van der Waals surface area contributed by atoms with Gasteiger partial charge in [-0.15, -0.1) is 0 Å². The molecule has 0 bridgehead atoms. The molecule has 0 radical (unpaired) electrons. The molecular weight excluding hydrogens is 200 g/mol. The zero-order chi connectivity index (χ0) is 6.41. The van der Waals surface area contributed by atoms with Gasteiger partial charge in [-0.3, -0.25) is 0 Å².